The Morgan fingerprint density at radius 2 is 2.05 bits per heavy atom. The summed E-state index contributed by atoms with van der Waals surface area (Å²) in [6.07, 6.45) is 0. The summed E-state index contributed by atoms with van der Waals surface area (Å²) in [4.78, 5) is 2.09. The molecular weight excluding hydrogens is 244 g/mol. The van der Waals surface area contributed by atoms with Gasteiger partial charge in [-0.25, -0.2) is 0 Å². The van der Waals surface area contributed by atoms with E-state index in [0.717, 1.165) is 25.3 Å². The summed E-state index contributed by atoms with van der Waals surface area (Å²) in [5, 5.41) is 13.0. The van der Waals surface area contributed by atoms with Crippen LogP contribution in [0.1, 0.15) is 5.56 Å². The third-order valence-electron chi connectivity index (χ3n) is 2.71. The van der Waals surface area contributed by atoms with Crippen molar-refractivity contribution in [1.82, 2.24) is 10.2 Å². The van der Waals surface area contributed by atoms with Crippen LogP contribution in [0.4, 0.5) is 0 Å². The SMILES string of the molecule is COc1ccc(CNCCOCCN(C)C)c(O)c1. The number of hydrogen-bond acceptors (Lipinski definition) is 5. The van der Waals surface area contributed by atoms with Crippen molar-refractivity contribution in [1.29, 1.82) is 0 Å². The molecule has 0 saturated carbocycles. The first-order chi connectivity index (χ1) is 9.13. The highest BCUT2D eigenvalue weighted by molar-refractivity contribution is 5.39. The highest BCUT2D eigenvalue weighted by atomic mass is 16.5. The monoisotopic (exact) mass is 268 g/mol. The van der Waals surface area contributed by atoms with Gasteiger partial charge in [0, 0.05) is 31.3 Å². The van der Waals surface area contributed by atoms with Gasteiger partial charge in [-0.05, 0) is 20.2 Å². The van der Waals surface area contributed by atoms with Crippen LogP contribution < -0.4 is 10.1 Å². The number of hydrogen-bond donors (Lipinski definition) is 2. The summed E-state index contributed by atoms with van der Waals surface area (Å²) in [6, 6.07) is 5.31. The lowest BCUT2D eigenvalue weighted by atomic mass is 10.2. The van der Waals surface area contributed by atoms with Crippen molar-refractivity contribution >= 4 is 0 Å². The molecule has 0 fully saturated rings. The average Bonchev–Trinajstić information content (AvgIpc) is 2.38. The topological polar surface area (TPSA) is 54.0 Å². The maximum atomic E-state index is 9.77. The predicted octanol–water partition coefficient (Wildman–Crippen LogP) is 1.07. The van der Waals surface area contributed by atoms with Crippen LogP contribution in [0.25, 0.3) is 0 Å². The molecule has 0 bridgehead atoms. The predicted molar refractivity (Wildman–Crippen MR) is 75.7 cm³/mol. The van der Waals surface area contributed by atoms with Crippen LogP contribution >= 0.6 is 0 Å². The van der Waals surface area contributed by atoms with E-state index in [9.17, 15) is 5.11 Å². The largest absolute Gasteiger partial charge is 0.507 e. The highest BCUT2D eigenvalue weighted by Gasteiger charge is 2.02. The van der Waals surface area contributed by atoms with Gasteiger partial charge in [0.1, 0.15) is 11.5 Å². The van der Waals surface area contributed by atoms with Crippen molar-refractivity contribution in [2.24, 2.45) is 0 Å². The molecule has 0 radical (unpaired) electrons. The first-order valence-corrected chi connectivity index (χ1v) is 6.42. The van der Waals surface area contributed by atoms with Crippen molar-refractivity contribution in [3.63, 3.8) is 0 Å². The fourth-order valence-corrected chi connectivity index (χ4v) is 1.54. The molecular formula is C14H24N2O3. The molecule has 0 atom stereocenters. The summed E-state index contributed by atoms with van der Waals surface area (Å²) in [6.45, 7) is 3.72. The molecule has 0 aliphatic carbocycles. The van der Waals surface area contributed by atoms with Gasteiger partial charge < -0.3 is 24.8 Å². The number of nitrogens with one attached hydrogen (secondary N) is 1. The van der Waals surface area contributed by atoms with Crippen LogP contribution in [0.3, 0.4) is 0 Å². The fraction of sp³-hybridized carbons (Fsp3) is 0.571. The van der Waals surface area contributed by atoms with E-state index in [1.165, 1.54) is 0 Å². The zero-order valence-corrected chi connectivity index (χ0v) is 12.0. The fourth-order valence-electron chi connectivity index (χ4n) is 1.54. The summed E-state index contributed by atoms with van der Waals surface area (Å²) in [5.74, 6) is 0.911. The summed E-state index contributed by atoms with van der Waals surface area (Å²) in [5.41, 5.74) is 0.856. The Morgan fingerprint density at radius 1 is 1.26 bits per heavy atom. The molecule has 0 aliphatic rings. The normalized spacial score (nSPS) is 10.9. The highest BCUT2D eigenvalue weighted by Crippen LogP contribution is 2.22. The molecule has 0 amide bonds. The Bertz CT molecular complexity index is 370. The number of ether oxygens (including phenoxy) is 2. The minimum Gasteiger partial charge on any atom is -0.507 e. The Morgan fingerprint density at radius 3 is 2.68 bits per heavy atom. The van der Waals surface area contributed by atoms with Crippen molar-refractivity contribution in [2.75, 3.05) is 47.5 Å². The van der Waals surface area contributed by atoms with Gasteiger partial charge in [-0.2, -0.15) is 0 Å². The quantitative estimate of drug-likeness (QED) is 0.656. The molecule has 2 N–H and O–H groups in total. The lowest BCUT2D eigenvalue weighted by Gasteiger charge is -2.11. The smallest absolute Gasteiger partial charge is 0.123 e. The molecule has 0 aliphatic heterocycles. The minimum atomic E-state index is 0.250. The van der Waals surface area contributed by atoms with Crippen LogP contribution in [0.15, 0.2) is 18.2 Å². The van der Waals surface area contributed by atoms with E-state index in [0.29, 0.717) is 18.9 Å². The summed E-state index contributed by atoms with van der Waals surface area (Å²) in [7, 11) is 5.62. The van der Waals surface area contributed by atoms with Gasteiger partial charge in [0.25, 0.3) is 0 Å². The van der Waals surface area contributed by atoms with Gasteiger partial charge in [-0.3, -0.25) is 0 Å². The molecule has 0 saturated heterocycles. The lowest BCUT2D eigenvalue weighted by molar-refractivity contribution is 0.119. The molecule has 5 nitrogen and oxygen atoms in total. The van der Waals surface area contributed by atoms with E-state index in [1.807, 2.05) is 26.2 Å². The van der Waals surface area contributed by atoms with E-state index < -0.39 is 0 Å². The van der Waals surface area contributed by atoms with Crippen molar-refractivity contribution < 1.29 is 14.6 Å². The van der Waals surface area contributed by atoms with Crippen LogP contribution in [-0.2, 0) is 11.3 Å². The number of rotatable bonds is 9. The maximum Gasteiger partial charge on any atom is 0.123 e. The molecule has 0 unspecified atom stereocenters. The molecule has 19 heavy (non-hydrogen) atoms. The second-order valence-corrected chi connectivity index (χ2v) is 4.59. The lowest BCUT2D eigenvalue weighted by Crippen LogP contribution is -2.23. The third kappa shape index (κ3) is 6.42. The second kappa shape index (κ2) is 8.74. The number of methoxy groups -OCH3 is 1. The molecule has 5 heteroatoms. The van der Waals surface area contributed by atoms with Gasteiger partial charge in [0.2, 0.25) is 0 Å². The maximum absolute atomic E-state index is 9.77. The van der Waals surface area contributed by atoms with Gasteiger partial charge in [-0.1, -0.05) is 6.07 Å². The number of nitrogens with zero attached hydrogens (tertiary/aromatic N) is 1. The van der Waals surface area contributed by atoms with Crippen molar-refractivity contribution in [3.8, 4) is 11.5 Å². The van der Waals surface area contributed by atoms with Crippen LogP contribution in [0, 0.1) is 0 Å². The number of likely N-dealkylation sites (N-methyl/N-ethyl adjacent to an activating group) is 1. The Kier molecular flexibility index (Phi) is 7.25. The van der Waals surface area contributed by atoms with Crippen LogP contribution in [0.5, 0.6) is 11.5 Å². The average molecular weight is 268 g/mol. The Labute approximate surface area is 115 Å². The zero-order valence-electron chi connectivity index (χ0n) is 12.0. The molecule has 1 rings (SSSR count). The zero-order chi connectivity index (χ0) is 14.1. The summed E-state index contributed by atoms with van der Waals surface area (Å²) >= 11 is 0. The number of benzene rings is 1. The first-order valence-electron chi connectivity index (χ1n) is 6.42. The minimum absolute atomic E-state index is 0.250. The third-order valence-corrected chi connectivity index (χ3v) is 2.71. The molecule has 1 aromatic carbocycles. The standard InChI is InChI=1S/C14H24N2O3/c1-16(2)7-9-19-8-6-15-11-12-4-5-13(18-3)10-14(12)17/h4-5,10,15,17H,6-9,11H2,1-3H3. The van der Waals surface area contributed by atoms with Gasteiger partial charge in [-0.15, -0.1) is 0 Å². The second-order valence-electron chi connectivity index (χ2n) is 4.59. The van der Waals surface area contributed by atoms with Gasteiger partial charge in [0.15, 0.2) is 0 Å². The van der Waals surface area contributed by atoms with Crippen LogP contribution in [0.2, 0.25) is 0 Å². The summed E-state index contributed by atoms with van der Waals surface area (Å²) < 4.78 is 10.5. The number of phenolic OH excluding ortho intramolecular Hbond substituents is 1. The van der Waals surface area contributed by atoms with Crippen molar-refractivity contribution in [3.05, 3.63) is 23.8 Å². The van der Waals surface area contributed by atoms with E-state index in [2.05, 4.69) is 10.2 Å². The van der Waals surface area contributed by atoms with E-state index in [-0.39, 0.29) is 5.75 Å². The molecule has 1 aromatic rings. The first kappa shape index (κ1) is 15.8. The molecule has 0 aromatic heterocycles. The number of phenols is 1. The Hall–Kier alpha value is -1.30. The van der Waals surface area contributed by atoms with E-state index in [4.69, 9.17) is 9.47 Å². The number of aromatic hydroxyl groups is 1. The van der Waals surface area contributed by atoms with Gasteiger partial charge in [0.05, 0.1) is 20.3 Å². The van der Waals surface area contributed by atoms with Gasteiger partial charge >= 0.3 is 0 Å². The molecule has 108 valence electrons. The van der Waals surface area contributed by atoms with Crippen LogP contribution in [-0.4, -0.2) is 57.5 Å². The molecule has 0 heterocycles. The Balaban J connectivity index is 2.15. The van der Waals surface area contributed by atoms with E-state index in [1.54, 1.807) is 13.2 Å². The molecule has 0 spiro atoms. The van der Waals surface area contributed by atoms with E-state index >= 15 is 0 Å². The van der Waals surface area contributed by atoms with Crippen molar-refractivity contribution in [2.45, 2.75) is 6.54 Å².